The van der Waals surface area contributed by atoms with Gasteiger partial charge in [-0.2, -0.15) is 5.26 Å². The molecule has 0 aromatic carbocycles. The van der Waals surface area contributed by atoms with Crippen molar-refractivity contribution in [1.82, 2.24) is 5.32 Å². The Bertz CT molecular complexity index is 606. The largest absolute Gasteiger partial charge is 0.468 e. The normalized spacial score (nSPS) is 19.2. The van der Waals surface area contributed by atoms with Crippen molar-refractivity contribution in [1.29, 1.82) is 5.26 Å². The number of dihydropyridines is 1. The summed E-state index contributed by atoms with van der Waals surface area (Å²) in [5.41, 5.74) is 1.89. The number of allylic oxidation sites excluding steroid dienone is 3. The third kappa shape index (κ3) is 2.32. The summed E-state index contributed by atoms with van der Waals surface area (Å²) in [5.74, 6) is 0.148. The number of thioether (sulfide) groups is 1. The lowest BCUT2D eigenvalue weighted by Gasteiger charge is -2.27. The van der Waals surface area contributed by atoms with Gasteiger partial charge in [-0.1, -0.05) is 0 Å². The minimum absolute atomic E-state index is 0.0562. The van der Waals surface area contributed by atoms with E-state index in [1.807, 2.05) is 13.2 Å². The van der Waals surface area contributed by atoms with Crippen LogP contribution in [0.15, 0.2) is 44.7 Å². The SMILES string of the molecule is CSC1=C(C#N)C(c2ccco2)C(C(C)=O)=C(C)N1. The maximum atomic E-state index is 11.9. The molecule has 0 fully saturated rings. The minimum Gasteiger partial charge on any atom is -0.468 e. The Morgan fingerprint density at radius 3 is 2.79 bits per heavy atom. The summed E-state index contributed by atoms with van der Waals surface area (Å²) in [5, 5.41) is 13.3. The molecule has 0 radical (unpaired) electrons. The topological polar surface area (TPSA) is 66.0 Å². The van der Waals surface area contributed by atoms with Crippen molar-refractivity contribution >= 4 is 17.5 Å². The fraction of sp³-hybridized carbons (Fsp3) is 0.286. The first kappa shape index (κ1) is 13.5. The van der Waals surface area contributed by atoms with Crippen LogP contribution in [0.2, 0.25) is 0 Å². The fourth-order valence-corrected chi connectivity index (χ4v) is 2.92. The van der Waals surface area contributed by atoms with Gasteiger partial charge >= 0.3 is 0 Å². The van der Waals surface area contributed by atoms with Gasteiger partial charge in [-0.25, -0.2) is 0 Å². The Morgan fingerprint density at radius 1 is 1.58 bits per heavy atom. The van der Waals surface area contributed by atoms with E-state index in [1.54, 1.807) is 18.4 Å². The molecule has 1 aromatic rings. The lowest BCUT2D eigenvalue weighted by Crippen LogP contribution is -2.26. The van der Waals surface area contributed by atoms with E-state index >= 15 is 0 Å². The van der Waals surface area contributed by atoms with Gasteiger partial charge in [0.1, 0.15) is 5.76 Å². The van der Waals surface area contributed by atoms with Crippen LogP contribution in [0.4, 0.5) is 0 Å². The summed E-state index contributed by atoms with van der Waals surface area (Å²) in [6.45, 7) is 3.35. The summed E-state index contributed by atoms with van der Waals surface area (Å²) in [4.78, 5) is 11.9. The highest BCUT2D eigenvalue weighted by atomic mass is 32.2. The number of hydrogen-bond acceptors (Lipinski definition) is 5. The molecule has 1 unspecified atom stereocenters. The first-order valence-corrected chi connectivity index (χ1v) is 7.03. The first-order valence-electron chi connectivity index (χ1n) is 5.80. The van der Waals surface area contributed by atoms with Crippen LogP contribution in [0.1, 0.15) is 25.5 Å². The molecule has 0 amide bonds. The van der Waals surface area contributed by atoms with E-state index in [2.05, 4.69) is 11.4 Å². The second-order valence-corrected chi connectivity index (χ2v) is 5.04. The first-order chi connectivity index (χ1) is 9.10. The molecule has 1 N–H and O–H groups in total. The highest BCUT2D eigenvalue weighted by Crippen LogP contribution is 2.40. The van der Waals surface area contributed by atoms with Gasteiger partial charge in [0, 0.05) is 11.3 Å². The second-order valence-electron chi connectivity index (χ2n) is 4.23. The Morgan fingerprint density at radius 2 is 2.32 bits per heavy atom. The molecule has 1 aromatic heterocycles. The number of nitrogens with one attached hydrogen (secondary N) is 1. The number of Topliss-reactive ketones (excluding diaryl/α,β-unsaturated/α-hetero) is 1. The highest BCUT2D eigenvalue weighted by Gasteiger charge is 2.34. The van der Waals surface area contributed by atoms with Gasteiger partial charge in [0.2, 0.25) is 0 Å². The van der Waals surface area contributed by atoms with Crippen LogP contribution in [0.5, 0.6) is 0 Å². The Kier molecular flexibility index (Phi) is 3.82. The van der Waals surface area contributed by atoms with Crippen LogP contribution in [0.3, 0.4) is 0 Å². The van der Waals surface area contributed by atoms with Crippen LogP contribution in [0, 0.1) is 11.3 Å². The average molecular weight is 274 g/mol. The molecule has 1 aliphatic heterocycles. The summed E-state index contributed by atoms with van der Waals surface area (Å²) in [7, 11) is 0. The highest BCUT2D eigenvalue weighted by molar-refractivity contribution is 8.02. The van der Waals surface area contributed by atoms with Gasteiger partial charge < -0.3 is 9.73 Å². The Labute approximate surface area is 116 Å². The summed E-state index contributed by atoms with van der Waals surface area (Å²) < 4.78 is 5.42. The molecule has 1 atom stereocenters. The lowest BCUT2D eigenvalue weighted by molar-refractivity contribution is -0.113. The molecule has 0 saturated heterocycles. The van der Waals surface area contributed by atoms with E-state index in [-0.39, 0.29) is 5.78 Å². The summed E-state index contributed by atoms with van der Waals surface area (Å²) >= 11 is 1.46. The number of carbonyl (C=O) groups is 1. The fourth-order valence-electron chi connectivity index (χ4n) is 2.28. The molecule has 0 bridgehead atoms. The standard InChI is InChI=1S/C14H14N2O2S/c1-8-12(9(2)17)13(11-5-4-6-18-11)10(7-15)14(16-8)19-3/h4-6,13,16H,1-3H3. The van der Waals surface area contributed by atoms with Crippen LogP contribution in [-0.2, 0) is 4.79 Å². The zero-order valence-electron chi connectivity index (χ0n) is 11.0. The number of carbonyl (C=O) groups excluding carboxylic acids is 1. The number of nitrogens with zero attached hydrogens (tertiary/aromatic N) is 1. The molecular weight excluding hydrogens is 260 g/mol. The van der Waals surface area contributed by atoms with Gasteiger partial charge in [0.25, 0.3) is 0 Å². The van der Waals surface area contributed by atoms with Crippen LogP contribution >= 0.6 is 11.8 Å². The summed E-state index contributed by atoms with van der Waals surface area (Å²) in [6.07, 6.45) is 3.45. The molecule has 98 valence electrons. The van der Waals surface area contributed by atoms with E-state index < -0.39 is 5.92 Å². The Hall–Kier alpha value is -1.93. The number of rotatable bonds is 3. The van der Waals surface area contributed by atoms with Gasteiger partial charge in [0.15, 0.2) is 5.78 Å². The summed E-state index contributed by atoms with van der Waals surface area (Å²) in [6, 6.07) is 5.75. The van der Waals surface area contributed by atoms with Crippen molar-refractivity contribution in [3.63, 3.8) is 0 Å². The minimum atomic E-state index is -0.416. The molecule has 0 aliphatic carbocycles. The third-order valence-electron chi connectivity index (χ3n) is 3.06. The van der Waals surface area contributed by atoms with E-state index in [9.17, 15) is 10.1 Å². The molecular formula is C14H14N2O2S. The van der Waals surface area contributed by atoms with Crippen molar-refractivity contribution in [2.45, 2.75) is 19.8 Å². The van der Waals surface area contributed by atoms with Gasteiger partial charge in [-0.05, 0) is 32.2 Å². The molecule has 2 heterocycles. The van der Waals surface area contributed by atoms with Gasteiger partial charge in [-0.3, -0.25) is 4.79 Å². The maximum absolute atomic E-state index is 11.9. The van der Waals surface area contributed by atoms with Crippen molar-refractivity contribution in [2.24, 2.45) is 0 Å². The zero-order valence-corrected chi connectivity index (χ0v) is 11.8. The Balaban J connectivity index is 2.64. The number of ketones is 1. The molecule has 2 rings (SSSR count). The van der Waals surface area contributed by atoms with E-state index in [1.165, 1.54) is 18.7 Å². The molecule has 4 nitrogen and oxygen atoms in total. The average Bonchev–Trinajstić information content (AvgIpc) is 2.90. The maximum Gasteiger partial charge on any atom is 0.158 e. The van der Waals surface area contributed by atoms with Crippen molar-refractivity contribution in [2.75, 3.05) is 6.26 Å². The number of nitriles is 1. The van der Waals surface area contributed by atoms with Crippen molar-refractivity contribution in [3.05, 3.63) is 46.0 Å². The smallest absolute Gasteiger partial charge is 0.158 e. The molecule has 0 saturated carbocycles. The number of furan rings is 1. The predicted octanol–water partition coefficient (Wildman–Crippen LogP) is 2.93. The molecule has 5 heteroatoms. The van der Waals surface area contributed by atoms with Gasteiger partial charge in [0.05, 0.1) is 28.9 Å². The van der Waals surface area contributed by atoms with E-state index in [0.717, 1.165) is 10.7 Å². The third-order valence-corrected chi connectivity index (χ3v) is 3.79. The molecule has 0 spiro atoms. The monoisotopic (exact) mass is 274 g/mol. The van der Waals surface area contributed by atoms with Crippen molar-refractivity contribution < 1.29 is 9.21 Å². The van der Waals surface area contributed by atoms with Crippen LogP contribution < -0.4 is 5.32 Å². The van der Waals surface area contributed by atoms with Crippen LogP contribution in [0.25, 0.3) is 0 Å². The molecule has 1 aliphatic rings. The van der Waals surface area contributed by atoms with E-state index in [0.29, 0.717) is 16.9 Å². The van der Waals surface area contributed by atoms with Crippen LogP contribution in [-0.4, -0.2) is 12.0 Å². The molecule has 19 heavy (non-hydrogen) atoms. The van der Waals surface area contributed by atoms with Crippen molar-refractivity contribution in [3.8, 4) is 6.07 Å². The lowest BCUT2D eigenvalue weighted by atomic mass is 9.84. The predicted molar refractivity (Wildman–Crippen MR) is 74.1 cm³/mol. The van der Waals surface area contributed by atoms with Gasteiger partial charge in [-0.15, -0.1) is 11.8 Å². The zero-order chi connectivity index (χ0) is 14.0. The second kappa shape index (κ2) is 5.37. The number of hydrogen-bond donors (Lipinski definition) is 1. The van der Waals surface area contributed by atoms with E-state index in [4.69, 9.17) is 4.42 Å². The quantitative estimate of drug-likeness (QED) is 0.918.